The first-order chi connectivity index (χ1) is 10.6. The maximum Gasteiger partial charge on any atom is 0.223 e. The average molecular weight is 297 g/mol. The average Bonchev–Trinajstić information content (AvgIpc) is 2.96. The Labute approximate surface area is 130 Å². The Morgan fingerprint density at radius 1 is 1.23 bits per heavy atom. The van der Waals surface area contributed by atoms with E-state index in [1.165, 1.54) is 23.3 Å². The maximum atomic E-state index is 13.2. The van der Waals surface area contributed by atoms with E-state index in [4.69, 9.17) is 0 Å². The molecule has 0 aliphatic heterocycles. The molecule has 0 bridgehead atoms. The van der Waals surface area contributed by atoms with Gasteiger partial charge in [0.2, 0.25) is 5.91 Å². The van der Waals surface area contributed by atoms with Crippen molar-refractivity contribution in [2.75, 3.05) is 7.05 Å². The molecule has 1 unspecified atom stereocenters. The van der Waals surface area contributed by atoms with E-state index in [0.29, 0.717) is 12.8 Å². The number of fused-ring (bicyclic) bond motifs is 1. The van der Waals surface area contributed by atoms with Crippen molar-refractivity contribution in [3.05, 3.63) is 71.0 Å². The lowest BCUT2D eigenvalue weighted by molar-refractivity contribution is -0.132. The number of carbonyl (C=O) groups is 1. The van der Waals surface area contributed by atoms with Crippen molar-refractivity contribution in [2.24, 2.45) is 0 Å². The van der Waals surface area contributed by atoms with E-state index in [1.807, 2.05) is 30.1 Å². The number of benzene rings is 2. The number of aryl methyl sites for hydroxylation is 2. The van der Waals surface area contributed by atoms with Gasteiger partial charge >= 0.3 is 0 Å². The molecule has 2 aromatic rings. The van der Waals surface area contributed by atoms with Gasteiger partial charge in [-0.3, -0.25) is 4.79 Å². The summed E-state index contributed by atoms with van der Waals surface area (Å²) in [6.45, 7) is 0. The van der Waals surface area contributed by atoms with Crippen LogP contribution in [-0.4, -0.2) is 17.9 Å². The lowest BCUT2D eigenvalue weighted by Crippen LogP contribution is -2.30. The Balaban J connectivity index is 1.63. The number of amides is 1. The Hall–Kier alpha value is -2.16. The predicted octanol–water partition coefficient (Wildman–Crippen LogP) is 3.90. The first-order valence-electron chi connectivity index (χ1n) is 7.73. The normalized spacial score (nSPS) is 16.4. The predicted molar refractivity (Wildman–Crippen MR) is 85.0 cm³/mol. The molecule has 1 atom stereocenters. The van der Waals surface area contributed by atoms with Gasteiger partial charge in [0.1, 0.15) is 5.82 Å². The molecule has 0 saturated carbocycles. The van der Waals surface area contributed by atoms with Crippen LogP contribution >= 0.6 is 0 Å². The van der Waals surface area contributed by atoms with Crippen LogP contribution in [0.5, 0.6) is 0 Å². The third-order valence-electron chi connectivity index (χ3n) is 4.48. The molecule has 3 rings (SSSR count). The van der Waals surface area contributed by atoms with Crippen LogP contribution in [0.15, 0.2) is 48.5 Å². The smallest absolute Gasteiger partial charge is 0.223 e. The Morgan fingerprint density at radius 2 is 2.05 bits per heavy atom. The van der Waals surface area contributed by atoms with Crippen molar-refractivity contribution in [1.29, 1.82) is 0 Å². The highest BCUT2D eigenvalue weighted by molar-refractivity contribution is 5.77. The van der Waals surface area contributed by atoms with E-state index >= 15 is 0 Å². The van der Waals surface area contributed by atoms with Crippen molar-refractivity contribution in [3.63, 3.8) is 0 Å². The number of nitrogens with zero attached hydrogens (tertiary/aromatic N) is 1. The van der Waals surface area contributed by atoms with Gasteiger partial charge in [-0.15, -0.1) is 0 Å². The van der Waals surface area contributed by atoms with Crippen LogP contribution in [0.4, 0.5) is 4.39 Å². The Morgan fingerprint density at radius 3 is 2.86 bits per heavy atom. The highest BCUT2D eigenvalue weighted by atomic mass is 19.1. The number of halogens is 1. The number of carbonyl (C=O) groups excluding carboxylic acids is 1. The molecule has 0 aromatic heterocycles. The van der Waals surface area contributed by atoms with Crippen LogP contribution in [0.25, 0.3) is 0 Å². The minimum absolute atomic E-state index is 0.117. The van der Waals surface area contributed by atoms with Gasteiger partial charge in [-0.2, -0.15) is 0 Å². The minimum Gasteiger partial charge on any atom is -0.339 e. The summed E-state index contributed by atoms with van der Waals surface area (Å²) in [7, 11) is 1.88. The van der Waals surface area contributed by atoms with E-state index in [0.717, 1.165) is 18.4 Å². The molecule has 2 aromatic carbocycles. The molecule has 0 N–H and O–H groups in total. The number of hydrogen-bond acceptors (Lipinski definition) is 1. The van der Waals surface area contributed by atoms with Gasteiger partial charge in [0.25, 0.3) is 0 Å². The third-order valence-corrected chi connectivity index (χ3v) is 4.48. The minimum atomic E-state index is -0.247. The zero-order valence-electron chi connectivity index (χ0n) is 12.8. The van der Waals surface area contributed by atoms with E-state index in [2.05, 4.69) is 12.1 Å². The summed E-state index contributed by atoms with van der Waals surface area (Å²) in [6.07, 6.45) is 3.01. The summed E-state index contributed by atoms with van der Waals surface area (Å²) in [6, 6.07) is 15.0. The monoisotopic (exact) mass is 297 g/mol. The Bertz CT molecular complexity index is 683. The number of hydrogen-bond donors (Lipinski definition) is 0. The molecule has 3 heteroatoms. The summed E-state index contributed by atoms with van der Waals surface area (Å²) in [4.78, 5) is 14.3. The summed E-state index contributed by atoms with van der Waals surface area (Å²) < 4.78 is 13.2. The summed E-state index contributed by atoms with van der Waals surface area (Å²) in [5.41, 5.74) is 3.48. The van der Waals surface area contributed by atoms with Gasteiger partial charge in [0.15, 0.2) is 0 Å². The van der Waals surface area contributed by atoms with Crippen LogP contribution in [0.2, 0.25) is 0 Å². The van der Waals surface area contributed by atoms with Crippen LogP contribution in [0, 0.1) is 5.82 Å². The second-order valence-corrected chi connectivity index (χ2v) is 5.89. The largest absolute Gasteiger partial charge is 0.339 e. The van der Waals surface area contributed by atoms with E-state index in [9.17, 15) is 9.18 Å². The fourth-order valence-electron chi connectivity index (χ4n) is 3.23. The molecule has 2 nitrogen and oxygen atoms in total. The van der Waals surface area contributed by atoms with Gasteiger partial charge in [-0.05, 0) is 48.1 Å². The van der Waals surface area contributed by atoms with Gasteiger partial charge in [-0.1, -0.05) is 36.4 Å². The lowest BCUT2D eigenvalue weighted by atomic mass is 10.1. The van der Waals surface area contributed by atoms with Crippen LogP contribution in [0.3, 0.4) is 0 Å². The molecule has 0 saturated heterocycles. The van der Waals surface area contributed by atoms with Gasteiger partial charge < -0.3 is 4.90 Å². The first kappa shape index (κ1) is 14.8. The summed E-state index contributed by atoms with van der Waals surface area (Å²) in [5, 5.41) is 0. The molecule has 1 amide bonds. The van der Waals surface area contributed by atoms with Crippen molar-refractivity contribution >= 4 is 5.91 Å². The van der Waals surface area contributed by atoms with E-state index < -0.39 is 0 Å². The zero-order valence-corrected chi connectivity index (χ0v) is 12.8. The highest BCUT2D eigenvalue weighted by Gasteiger charge is 2.27. The summed E-state index contributed by atoms with van der Waals surface area (Å²) in [5.74, 6) is -0.131. The molecule has 1 aliphatic carbocycles. The molecule has 0 heterocycles. The number of rotatable bonds is 4. The second kappa shape index (κ2) is 6.30. The zero-order chi connectivity index (χ0) is 15.5. The Kier molecular flexibility index (Phi) is 4.23. The quantitative estimate of drug-likeness (QED) is 0.838. The molecular formula is C19H20FNO. The fourth-order valence-corrected chi connectivity index (χ4v) is 3.23. The highest BCUT2D eigenvalue weighted by Crippen LogP contribution is 2.35. The van der Waals surface area contributed by atoms with Crippen molar-refractivity contribution < 1.29 is 9.18 Å². The van der Waals surface area contributed by atoms with Crippen LogP contribution in [0.1, 0.15) is 35.6 Å². The molecule has 0 fully saturated rings. The lowest BCUT2D eigenvalue weighted by Gasteiger charge is -2.25. The standard InChI is InChI=1S/C19H20FNO/c1-21(18-11-10-15-6-2-3-8-17(15)18)19(22)12-9-14-5-4-7-16(20)13-14/h2-8,13,18H,9-12H2,1H3. The fraction of sp³-hybridized carbons (Fsp3) is 0.316. The van der Waals surface area contributed by atoms with Crippen LogP contribution in [-0.2, 0) is 17.6 Å². The molecule has 114 valence electrons. The van der Waals surface area contributed by atoms with Crippen molar-refractivity contribution in [1.82, 2.24) is 4.90 Å². The van der Waals surface area contributed by atoms with Crippen molar-refractivity contribution in [3.8, 4) is 0 Å². The second-order valence-electron chi connectivity index (χ2n) is 5.89. The molecule has 0 spiro atoms. The molecule has 1 aliphatic rings. The molecular weight excluding hydrogens is 277 g/mol. The van der Waals surface area contributed by atoms with Crippen molar-refractivity contribution in [2.45, 2.75) is 31.7 Å². The molecule has 0 radical (unpaired) electrons. The van der Waals surface area contributed by atoms with Gasteiger partial charge in [0, 0.05) is 13.5 Å². The summed E-state index contributed by atoms with van der Waals surface area (Å²) >= 11 is 0. The van der Waals surface area contributed by atoms with Gasteiger partial charge in [-0.25, -0.2) is 4.39 Å². The van der Waals surface area contributed by atoms with Crippen LogP contribution < -0.4 is 0 Å². The molecule has 22 heavy (non-hydrogen) atoms. The van der Waals surface area contributed by atoms with E-state index in [1.54, 1.807) is 6.07 Å². The third kappa shape index (κ3) is 3.03. The first-order valence-corrected chi connectivity index (χ1v) is 7.73. The van der Waals surface area contributed by atoms with E-state index in [-0.39, 0.29) is 17.8 Å². The SMILES string of the molecule is CN(C(=O)CCc1cccc(F)c1)C1CCc2ccccc21. The topological polar surface area (TPSA) is 20.3 Å². The maximum absolute atomic E-state index is 13.2. The van der Waals surface area contributed by atoms with Gasteiger partial charge in [0.05, 0.1) is 6.04 Å².